The summed E-state index contributed by atoms with van der Waals surface area (Å²) in [6.07, 6.45) is 7.88. The number of imidazole rings is 1. The van der Waals surface area contributed by atoms with Crippen LogP contribution in [0.3, 0.4) is 0 Å². The quantitative estimate of drug-likeness (QED) is 0.807. The molecular formula is C16H15N3O2S. The van der Waals surface area contributed by atoms with Gasteiger partial charge in [0.05, 0.1) is 17.8 Å². The number of rotatable bonds is 3. The largest absolute Gasteiger partial charge is 0.481 e. The van der Waals surface area contributed by atoms with E-state index in [2.05, 4.69) is 9.38 Å². The third kappa shape index (κ3) is 2.11. The average molecular weight is 313 g/mol. The van der Waals surface area contributed by atoms with E-state index < -0.39 is 5.97 Å². The number of carbonyl (C=O) groups is 1. The van der Waals surface area contributed by atoms with Crippen LogP contribution >= 0.6 is 11.3 Å². The Morgan fingerprint density at radius 1 is 1.36 bits per heavy atom. The molecule has 0 radical (unpaired) electrons. The van der Waals surface area contributed by atoms with E-state index in [1.807, 2.05) is 12.1 Å². The van der Waals surface area contributed by atoms with Crippen LogP contribution in [0, 0.1) is 0 Å². The predicted molar refractivity (Wildman–Crippen MR) is 84.3 cm³/mol. The second-order valence-corrected chi connectivity index (χ2v) is 6.58. The summed E-state index contributed by atoms with van der Waals surface area (Å²) in [6.45, 7) is 0. The summed E-state index contributed by atoms with van der Waals surface area (Å²) in [7, 11) is 0. The fourth-order valence-electron chi connectivity index (χ4n) is 3.14. The Morgan fingerprint density at radius 2 is 2.23 bits per heavy atom. The molecule has 3 aromatic rings. The molecule has 0 aliphatic heterocycles. The van der Waals surface area contributed by atoms with Crippen molar-refractivity contribution >= 4 is 22.3 Å². The van der Waals surface area contributed by atoms with Crippen LogP contribution in [0.15, 0.2) is 24.5 Å². The Morgan fingerprint density at radius 3 is 3.00 bits per heavy atom. The topological polar surface area (TPSA) is 67.5 Å². The minimum absolute atomic E-state index is 0.0193. The highest BCUT2D eigenvalue weighted by atomic mass is 32.1. The third-order valence-electron chi connectivity index (χ3n) is 4.07. The molecule has 1 aliphatic carbocycles. The molecule has 0 fully saturated rings. The standard InChI is InChI=1S/C16H15N3O2S/c20-14(21)8-12-15(10-4-3-7-17-9-10)18-16-19(12)11-5-1-2-6-13(11)22-16/h3-4,7,9H,1-2,5-6,8H2,(H,20,21). The fraction of sp³-hybridized carbons (Fsp3) is 0.312. The van der Waals surface area contributed by atoms with Gasteiger partial charge in [-0.15, -0.1) is 11.3 Å². The van der Waals surface area contributed by atoms with Crippen molar-refractivity contribution in [3.8, 4) is 11.3 Å². The lowest BCUT2D eigenvalue weighted by atomic mass is 10.0. The molecule has 0 bridgehead atoms. The number of nitrogens with zero attached hydrogens (tertiary/aromatic N) is 3. The summed E-state index contributed by atoms with van der Waals surface area (Å²) in [5.41, 5.74) is 3.65. The van der Waals surface area contributed by atoms with E-state index in [4.69, 9.17) is 4.98 Å². The van der Waals surface area contributed by atoms with Gasteiger partial charge in [0.1, 0.15) is 0 Å². The molecule has 0 saturated carbocycles. The van der Waals surface area contributed by atoms with E-state index in [1.54, 1.807) is 23.7 Å². The number of aryl methyl sites for hydroxylation is 2. The molecule has 0 saturated heterocycles. The Kier molecular flexibility index (Phi) is 3.18. The van der Waals surface area contributed by atoms with Gasteiger partial charge in [-0.1, -0.05) is 0 Å². The summed E-state index contributed by atoms with van der Waals surface area (Å²) in [5, 5.41) is 9.30. The van der Waals surface area contributed by atoms with Crippen molar-refractivity contribution < 1.29 is 9.90 Å². The first-order chi connectivity index (χ1) is 10.7. The molecule has 0 unspecified atom stereocenters. The van der Waals surface area contributed by atoms with Crippen LogP contribution in [0.1, 0.15) is 29.1 Å². The van der Waals surface area contributed by atoms with Gasteiger partial charge < -0.3 is 5.11 Å². The van der Waals surface area contributed by atoms with E-state index in [-0.39, 0.29) is 6.42 Å². The number of aromatic nitrogens is 3. The van der Waals surface area contributed by atoms with Crippen molar-refractivity contribution in [2.24, 2.45) is 0 Å². The molecule has 0 atom stereocenters. The van der Waals surface area contributed by atoms with Crippen LogP contribution in [0.5, 0.6) is 0 Å². The molecule has 22 heavy (non-hydrogen) atoms. The van der Waals surface area contributed by atoms with E-state index >= 15 is 0 Å². The van der Waals surface area contributed by atoms with Crippen molar-refractivity contribution in [1.29, 1.82) is 0 Å². The zero-order valence-electron chi connectivity index (χ0n) is 12.0. The Hall–Kier alpha value is -2.21. The maximum Gasteiger partial charge on any atom is 0.309 e. The van der Waals surface area contributed by atoms with Gasteiger partial charge in [0.15, 0.2) is 4.96 Å². The minimum Gasteiger partial charge on any atom is -0.481 e. The van der Waals surface area contributed by atoms with E-state index in [1.165, 1.54) is 17.0 Å². The molecule has 3 heterocycles. The molecule has 5 nitrogen and oxygen atoms in total. The number of carboxylic acid groups (broad SMARTS) is 1. The summed E-state index contributed by atoms with van der Waals surface area (Å²) in [6, 6.07) is 3.78. The maximum absolute atomic E-state index is 11.3. The van der Waals surface area contributed by atoms with Crippen LogP contribution in [-0.2, 0) is 24.1 Å². The zero-order valence-corrected chi connectivity index (χ0v) is 12.8. The predicted octanol–water partition coefficient (Wildman–Crippen LogP) is 2.96. The van der Waals surface area contributed by atoms with Crippen LogP contribution < -0.4 is 0 Å². The van der Waals surface area contributed by atoms with Gasteiger partial charge in [-0.05, 0) is 37.8 Å². The lowest BCUT2D eigenvalue weighted by molar-refractivity contribution is -0.136. The fourth-order valence-corrected chi connectivity index (χ4v) is 4.36. The molecule has 112 valence electrons. The van der Waals surface area contributed by atoms with Crippen LogP contribution in [0.2, 0.25) is 0 Å². The van der Waals surface area contributed by atoms with Crippen LogP contribution in [-0.4, -0.2) is 25.4 Å². The van der Waals surface area contributed by atoms with E-state index in [0.29, 0.717) is 0 Å². The normalized spacial score (nSPS) is 14.2. The molecule has 0 spiro atoms. The van der Waals surface area contributed by atoms with Gasteiger partial charge in [-0.2, -0.15) is 0 Å². The van der Waals surface area contributed by atoms with Crippen molar-refractivity contribution in [3.63, 3.8) is 0 Å². The first-order valence-corrected chi connectivity index (χ1v) is 8.20. The average Bonchev–Trinajstić information content (AvgIpc) is 3.04. The van der Waals surface area contributed by atoms with Crippen molar-refractivity contribution in [1.82, 2.24) is 14.4 Å². The van der Waals surface area contributed by atoms with Crippen LogP contribution in [0.25, 0.3) is 16.2 Å². The monoisotopic (exact) mass is 313 g/mol. The molecule has 1 aliphatic rings. The van der Waals surface area contributed by atoms with Crippen LogP contribution in [0.4, 0.5) is 0 Å². The zero-order chi connectivity index (χ0) is 15.1. The second kappa shape index (κ2) is 5.21. The van der Waals surface area contributed by atoms with E-state index in [0.717, 1.165) is 41.2 Å². The first-order valence-electron chi connectivity index (χ1n) is 7.38. The molecule has 0 aromatic carbocycles. The van der Waals surface area contributed by atoms with Gasteiger partial charge in [0.2, 0.25) is 0 Å². The number of fused-ring (bicyclic) bond motifs is 3. The van der Waals surface area contributed by atoms with Crippen molar-refractivity contribution in [2.75, 3.05) is 0 Å². The highest BCUT2D eigenvalue weighted by molar-refractivity contribution is 7.17. The SMILES string of the molecule is O=C(O)Cc1c(-c2cccnc2)nc2sc3c(n12)CCCC3. The van der Waals surface area contributed by atoms with Gasteiger partial charge >= 0.3 is 5.97 Å². The molecule has 0 amide bonds. The van der Waals surface area contributed by atoms with Gasteiger partial charge in [0, 0.05) is 28.5 Å². The number of hydrogen-bond donors (Lipinski definition) is 1. The Balaban J connectivity index is 1.97. The van der Waals surface area contributed by atoms with Gasteiger partial charge in [-0.3, -0.25) is 14.2 Å². The lowest BCUT2D eigenvalue weighted by Crippen LogP contribution is -2.09. The minimum atomic E-state index is -0.831. The Labute approximate surface area is 131 Å². The molecule has 6 heteroatoms. The molecule has 1 N–H and O–H groups in total. The van der Waals surface area contributed by atoms with Gasteiger partial charge in [-0.25, -0.2) is 4.98 Å². The highest BCUT2D eigenvalue weighted by Gasteiger charge is 2.24. The summed E-state index contributed by atoms with van der Waals surface area (Å²) < 4.78 is 2.08. The molecule has 3 aromatic heterocycles. The van der Waals surface area contributed by atoms with Crippen molar-refractivity contribution in [3.05, 3.63) is 40.8 Å². The molecular weight excluding hydrogens is 298 g/mol. The smallest absolute Gasteiger partial charge is 0.309 e. The van der Waals surface area contributed by atoms with E-state index in [9.17, 15) is 9.90 Å². The summed E-state index contributed by atoms with van der Waals surface area (Å²) in [4.78, 5) is 22.4. The summed E-state index contributed by atoms with van der Waals surface area (Å²) in [5.74, 6) is -0.831. The van der Waals surface area contributed by atoms with Gasteiger partial charge in [0.25, 0.3) is 0 Å². The lowest BCUT2D eigenvalue weighted by Gasteiger charge is -2.12. The third-order valence-corrected chi connectivity index (χ3v) is 5.21. The maximum atomic E-state index is 11.3. The number of pyridine rings is 1. The number of hydrogen-bond acceptors (Lipinski definition) is 4. The number of aliphatic carboxylic acids is 1. The number of thiazole rings is 1. The first kappa shape index (κ1) is 13.5. The number of carboxylic acids is 1. The highest BCUT2D eigenvalue weighted by Crippen LogP contribution is 2.35. The van der Waals surface area contributed by atoms with Crippen molar-refractivity contribution in [2.45, 2.75) is 32.1 Å². The summed E-state index contributed by atoms with van der Waals surface area (Å²) >= 11 is 1.69. The Bertz CT molecular complexity index is 851. The molecule has 4 rings (SSSR count). The second-order valence-electron chi connectivity index (χ2n) is 5.52.